The summed E-state index contributed by atoms with van der Waals surface area (Å²) in [5, 5.41) is 9.40. The Morgan fingerprint density at radius 3 is 2.14 bits per heavy atom. The number of fused-ring (bicyclic) bond motifs is 3. The van der Waals surface area contributed by atoms with Crippen LogP contribution < -0.4 is 4.90 Å². The van der Waals surface area contributed by atoms with Crippen LogP contribution in [-0.2, 0) is 4.74 Å². The van der Waals surface area contributed by atoms with Crippen molar-refractivity contribution in [3.63, 3.8) is 0 Å². The number of carbonyl (C=O) groups excluding carboxylic acids is 2. The highest BCUT2D eigenvalue weighted by molar-refractivity contribution is 5.93. The van der Waals surface area contributed by atoms with Gasteiger partial charge >= 0.3 is 12.1 Å². The molecule has 1 amide bonds. The summed E-state index contributed by atoms with van der Waals surface area (Å²) >= 11 is 0. The minimum Gasteiger partial charge on any atom is -0.478 e. The van der Waals surface area contributed by atoms with Crippen LogP contribution in [0.1, 0.15) is 43.3 Å². The highest BCUT2D eigenvalue weighted by Gasteiger charge is 2.30. The van der Waals surface area contributed by atoms with Crippen molar-refractivity contribution in [3.05, 3.63) is 88.5 Å². The number of amides is 1. The SMILES string of the molecule is Cc1c(C=O)cc(C(=O)O)cc1N1CCN(C(=O)OCC2c3ccccc3-c3ccccc32)CC1. The molecule has 0 aromatic heterocycles. The Kier molecular flexibility index (Phi) is 5.99. The Morgan fingerprint density at radius 2 is 1.57 bits per heavy atom. The Bertz CT molecular complexity index is 1260. The maximum Gasteiger partial charge on any atom is 0.409 e. The van der Waals surface area contributed by atoms with Crippen LogP contribution in [0, 0.1) is 6.92 Å². The molecule has 0 unspecified atom stereocenters. The number of carboxylic acid groups (broad SMARTS) is 1. The van der Waals surface area contributed by atoms with Gasteiger partial charge in [-0.1, -0.05) is 48.5 Å². The van der Waals surface area contributed by atoms with E-state index in [0.29, 0.717) is 43.7 Å². The van der Waals surface area contributed by atoms with Gasteiger partial charge in [0.05, 0.1) is 5.56 Å². The monoisotopic (exact) mass is 470 g/mol. The number of ether oxygens (including phenoxy) is 1. The quantitative estimate of drug-likeness (QED) is 0.550. The number of carboxylic acids is 1. The van der Waals surface area contributed by atoms with Crippen LogP contribution in [0.3, 0.4) is 0 Å². The summed E-state index contributed by atoms with van der Waals surface area (Å²) in [4.78, 5) is 39.5. The zero-order valence-corrected chi connectivity index (χ0v) is 19.4. The maximum absolute atomic E-state index is 12.9. The molecule has 3 aromatic rings. The van der Waals surface area contributed by atoms with E-state index in [0.717, 1.165) is 5.56 Å². The molecule has 3 aromatic carbocycles. The molecular weight excluding hydrogens is 444 g/mol. The number of nitrogens with zero attached hydrogens (tertiary/aromatic N) is 2. The number of aldehydes is 1. The van der Waals surface area contributed by atoms with E-state index in [9.17, 15) is 19.5 Å². The number of carbonyl (C=O) groups is 3. The van der Waals surface area contributed by atoms with Crippen LogP contribution in [0.4, 0.5) is 10.5 Å². The highest BCUT2D eigenvalue weighted by Crippen LogP contribution is 2.44. The van der Waals surface area contributed by atoms with Crippen molar-refractivity contribution in [1.29, 1.82) is 0 Å². The summed E-state index contributed by atoms with van der Waals surface area (Å²) in [6, 6.07) is 19.4. The average molecular weight is 471 g/mol. The lowest BCUT2D eigenvalue weighted by molar-refractivity contribution is 0.0696. The number of hydrogen-bond donors (Lipinski definition) is 1. The third-order valence-electron chi connectivity index (χ3n) is 7.01. The van der Waals surface area contributed by atoms with Crippen molar-refractivity contribution >= 4 is 24.0 Å². The van der Waals surface area contributed by atoms with E-state index in [4.69, 9.17) is 4.74 Å². The van der Waals surface area contributed by atoms with Crippen molar-refractivity contribution in [2.24, 2.45) is 0 Å². The number of hydrogen-bond acceptors (Lipinski definition) is 5. The minimum atomic E-state index is -1.08. The summed E-state index contributed by atoms with van der Waals surface area (Å²) in [7, 11) is 0. The minimum absolute atomic E-state index is 0.0100. The zero-order valence-electron chi connectivity index (χ0n) is 19.4. The van der Waals surface area contributed by atoms with Gasteiger partial charge in [0.2, 0.25) is 0 Å². The fourth-order valence-electron chi connectivity index (χ4n) is 5.11. The van der Waals surface area contributed by atoms with Crippen LogP contribution >= 0.6 is 0 Å². The lowest BCUT2D eigenvalue weighted by Crippen LogP contribution is -2.49. The number of anilines is 1. The molecule has 7 nitrogen and oxygen atoms in total. The van der Waals surface area contributed by atoms with Crippen LogP contribution in [0.5, 0.6) is 0 Å². The predicted octanol–water partition coefficient (Wildman–Crippen LogP) is 4.58. The van der Waals surface area contributed by atoms with Gasteiger partial charge in [-0.05, 0) is 46.9 Å². The van der Waals surface area contributed by atoms with Crippen molar-refractivity contribution in [2.75, 3.05) is 37.7 Å². The zero-order chi connectivity index (χ0) is 24.5. The molecule has 35 heavy (non-hydrogen) atoms. The molecule has 2 aliphatic rings. The smallest absolute Gasteiger partial charge is 0.409 e. The lowest BCUT2D eigenvalue weighted by atomic mass is 9.98. The molecule has 7 heteroatoms. The van der Waals surface area contributed by atoms with Gasteiger partial charge in [0.15, 0.2) is 0 Å². The molecule has 1 saturated heterocycles. The molecule has 5 rings (SSSR count). The van der Waals surface area contributed by atoms with Gasteiger partial charge in [-0.15, -0.1) is 0 Å². The highest BCUT2D eigenvalue weighted by atomic mass is 16.6. The fraction of sp³-hybridized carbons (Fsp3) is 0.250. The Morgan fingerprint density at radius 1 is 0.971 bits per heavy atom. The Hall–Kier alpha value is -4.13. The molecule has 0 spiro atoms. The number of piperazine rings is 1. The molecule has 0 radical (unpaired) electrons. The number of aromatic carboxylic acids is 1. The molecule has 178 valence electrons. The van der Waals surface area contributed by atoms with Crippen molar-refractivity contribution in [1.82, 2.24) is 4.90 Å². The van der Waals surface area contributed by atoms with E-state index < -0.39 is 5.97 Å². The van der Waals surface area contributed by atoms with Crippen molar-refractivity contribution < 1.29 is 24.2 Å². The summed E-state index contributed by atoms with van der Waals surface area (Å²) in [5.74, 6) is -1.07. The molecule has 1 aliphatic heterocycles. The van der Waals surface area contributed by atoms with E-state index in [-0.39, 0.29) is 24.2 Å². The standard InChI is InChI=1S/C28H26N2O5/c1-18-20(16-31)14-19(27(32)33)15-26(18)29-10-12-30(13-11-29)28(34)35-17-25-23-8-4-2-6-21(23)22-7-3-5-9-24(22)25/h2-9,14-16,25H,10-13,17H2,1H3,(H,32,33). The van der Waals surface area contributed by atoms with Crippen molar-refractivity contribution in [3.8, 4) is 11.1 Å². The van der Waals surface area contributed by atoms with Crippen LogP contribution in [0.2, 0.25) is 0 Å². The van der Waals surface area contributed by atoms with E-state index in [1.165, 1.54) is 28.3 Å². The van der Waals surface area contributed by atoms with E-state index in [2.05, 4.69) is 24.3 Å². The molecular formula is C28H26N2O5. The van der Waals surface area contributed by atoms with Gasteiger partial charge in [0.25, 0.3) is 0 Å². The third kappa shape index (κ3) is 4.14. The molecule has 1 N–H and O–H groups in total. The number of rotatable bonds is 5. The summed E-state index contributed by atoms with van der Waals surface area (Å²) in [6.07, 6.45) is 0.328. The Balaban J connectivity index is 1.25. The van der Waals surface area contributed by atoms with E-state index in [1.54, 1.807) is 11.0 Å². The van der Waals surface area contributed by atoms with Crippen LogP contribution in [0.25, 0.3) is 11.1 Å². The van der Waals surface area contributed by atoms with Gasteiger partial charge in [-0.3, -0.25) is 4.79 Å². The van der Waals surface area contributed by atoms with Crippen molar-refractivity contribution in [2.45, 2.75) is 12.8 Å². The molecule has 1 fully saturated rings. The maximum atomic E-state index is 12.9. The summed E-state index contributed by atoms with van der Waals surface area (Å²) < 4.78 is 5.78. The first-order chi connectivity index (χ1) is 17.0. The first kappa shape index (κ1) is 22.7. The first-order valence-corrected chi connectivity index (χ1v) is 11.7. The van der Waals surface area contributed by atoms with Gasteiger partial charge in [0, 0.05) is 43.3 Å². The molecule has 0 bridgehead atoms. The molecule has 0 atom stereocenters. The van der Waals surface area contributed by atoms with Gasteiger partial charge in [-0.25, -0.2) is 9.59 Å². The molecule has 1 heterocycles. The molecule has 1 aliphatic carbocycles. The summed E-state index contributed by atoms with van der Waals surface area (Å²) in [5.41, 5.74) is 6.60. The second-order valence-electron chi connectivity index (χ2n) is 8.91. The second kappa shape index (κ2) is 9.25. The van der Waals surface area contributed by atoms with Crippen LogP contribution in [0.15, 0.2) is 60.7 Å². The van der Waals surface area contributed by atoms with Gasteiger partial charge < -0.3 is 19.6 Å². The second-order valence-corrected chi connectivity index (χ2v) is 8.91. The third-order valence-corrected chi connectivity index (χ3v) is 7.01. The average Bonchev–Trinajstić information content (AvgIpc) is 3.21. The Labute approximate surface area is 203 Å². The fourth-order valence-corrected chi connectivity index (χ4v) is 5.11. The van der Waals surface area contributed by atoms with Gasteiger partial charge in [0.1, 0.15) is 12.9 Å². The number of benzene rings is 3. The predicted molar refractivity (Wildman–Crippen MR) is 132 cm³/mol. The molecule has 0 saturated carbocycles. The van der Waals surface area contributed by atoms with Gasteiger partial charge in [-0.2, -0.15) is 0 Å². The largest absolute Gasteiger partial charge is 0.478 e. The van der Waals surface area contributed by atoms with Crippen LogP contribution in [-0.4, -0.2) is 61.1 Å². The lowest BCUT2D eigenvalue weighted by Gasteiger charge is -2.36. The summed E-state index contributed by atoms with van der Waals surface area (Å²) in [6.45, 7) is 4.02. The van der Waals surface area contributed by atoms with E-state index in [1.807, 2.05) is 36.1 Å². The van der Waals surface area contributed by atoms with E-state index >= 15 is 0 Å². The topological polar surface area (TPSA) is 87.2 Å². The normalized spacial score (nSPS) is 14.9. The first-order valence-electron chi connectivity index (χ1n) is 11.7.